The van der Waals surface area contributed by atoms with Crippen molar-refractivity contribution in [2.45, 2.75) is 36.8 Å². The number of aliphatic hydroxyl groups is 2. The first-order valence-corrected chi connectivity index (χ1v) is 8.54. The van der Waals surface area contributed by atoms with E-state index in [4.69, 9.17) is 10.2 Å². The highest BCUT2D eigenvalue weighted by Gasteiger charge is 2.45. The van der Waals surface area contributed by atoms with Crippen LogP contribution >= 0.6 is 0 Å². The molecule has 6 N–H and O–H groups in total. The fourth-order valence-corrected chi connectivity index (χ4v) is 2.33. The summed E-state index contributed by atoms with van der Waals surface area (Å²) in [7, 11) is 0. The summed E-state index contributed by atoms with van der Waals surface area (Å²) in [6.45, 7) is 0. The number of carboxylic acid groups (broad SMARTS) is 4. The SMILES string of the molecule is O=C(O)CC(O)(CC(=O)OC(C(=O)O)C(OC(=O)C(O)c1ccccc1)C(=O)O)C(=O)O. The highest BCUT2D eigenvalue weighted by Crippen LogP contribution is 2.20. The Hall–Kier alpha value is -4.04. The summed E-state index contributed by atoms with van der Waals surface area (Å²) in [5.74, 6) is -11.6. The normalized spacial score (nSPS) is 15.3. The molecule has 0 aliphatic rings. The lowest BCUT2D eigenvalue weighted by atomic mass is 9.96. The van der Waals surface area contributed by atoms with E-state index in [1.807, 2.05) is 0 Å². The number of carbonyl (C=O) groups excluding carboxylic acids is 2. The summed E-state index contributed by atoms with van der Waals surface area (Å²) < 4.78 is 8.83. The lowest BCUT2D eigenvalue weighted by Crippen LogP contribution is -2.48. The maximum Gasteiger partial charge on any atom is 0.349 e. The Morgan fingerprint density at radius 2 is 1.31 bits per heavy atom. The van der Waals surface area contributed by atoms with E-state index in [9.17, 15) is 49.2 Å². The van der Waals surface area contributed by atoms with Gasteiger partial charge < -0.3 is 40.1 Å². The van der Waals surface area contributed by atoms with Crippen molar-refractivity contribution in [1.82, 2.24) is 0 Å². The van der Waals surface area contributed by atoms with Crippen LogP contribution in [0.5, 0.6) is 0 Å². The third-order valence-corrected chi connectivity index (χ3v) is 3.88. The Labute approximate surface area is 178 Å². The van der Waals surface area contributed by atoms with Crippen LogP contribution in [-0.4, -0.2) is 84.3 Å². The quantitative estimate of drug-likeness (QED) is 0.193. The molecule has 1 aromatic carbocycles. The largest absolute Gasteiger partial charge is 0.481 e. The molecule has 0 radical (unpaired) electrons. The maximum absolute atomic E-state index is 12.1. The molecule has 0 aliphatic heterocycles. The zero-order valence-electron chi connectivity index (χ0n) is 16.0. The van der Waals surface area contributed by atoms with Crippen molar-refractivity contribution in [2.75, 3.05) is 0 Å². The average molecular weight is 458 g/mol. The number of aliphatic hydroxyl groups excluding tert-OH is 1. The first kappa shape index (κ1) is 26.0. The van der Waals surface area contributed by atoms with Gasteiger partial charge >= 0.3 is 35.8 Å². The van der Waals surface area contributed by atoms with E-state index in [1.165, 1.54) is 24.3 Å². The van der Waals surface area contributed by atoms with E-state index in [-0.39, 0.29) is 5.56 Å². The number of esters is 2. The van der Waals surface area contributed by atoms with E-state index >= 15 is 0 Å². The second kappa shape index (κ2) is 10.8. The topological polar surface area (TPSA) is 242 Å². The third-order valence-electron chi connectivity index (χ3n) is 3.88. The van der Waals surface area contributed by atoms with Crippen LogP contribution < -0.4 is 0 Å². The molecule has 0 saturated heterocycles. The monoisotopic (exact) mass is 458 g/mol. The van der Waals surface area contributed by atoms with Crippen LogP contribution in [-0.2, 0) is 38.2 Å². The third kappa shape index (κ3) is 7.03. The van der Waals surface area contributed by atoms with Crippen molar-refractivity contribution in [3.8, 4) is 0 Å². The highest BCUT2D eigenvalue weighted by molar-refractivity contribution is 5.91. The Kier molecular flexibility index (Phi) is 8.80. The van der Waals surface area contributed by atoms with Crippen molar-refractivity contribution < 1.29 is 68.9 Å². The van der Waals surface area contributed by atoms with Gasteiger partial charge in [0.25, 0.3) is 0 Å². The van der Waals surface area contributed by atoms with E-state index in [0.717, 1.165) is 0 Å². The van der Waals surface area contributed by atoms with Gasteiger partial charge in [-0.25, -0.2) is 19.2 Å². The van der Waals surface area contributed by atoms with Crippen molar-refractivity contribution in [1.29, 1.82) is 0 Å². The Bertz CT molecular complexity index is 894. The number of hydrogen-bond acceptors (Lipinski definition) is 10. The summed E-state index contributed by atoms with van der Waals surface area (Å²) >= 11 is 0. The second-order valence-electron chi connectivity index (χ2n) is 6.34. The number of hydrogen-bond donors (Lipinski definition) is 6. The first-order valence-electron chi connectivity index (χ1n) is 8.54. The van der Waals surface area contributed by atoms with Gasteiger partial charge in [-0.05, 0) is 5.56 Å². The standard InChI is InChI=1S/C18H18O14/c19-9(20)6-18(30,17(28)29)7-10(21)31-12(14(23)24)13(15(25)26)32-16(27)11(22)8-4-2-1-3-5-8/h1-5,11-13,22,30H,6-7H2,(H,19,20)(H,23,24)(H,25,26)(H,28,29). The number of aliphatic carboxylic acids is 4. The Balaban J connectivity index is 3.04. The van der Waals surface area contributed by atoms with E-state index < -0.39 is 72.6 Å². The van der Waals surface area contributed by atoms with Crippen molar-refractivity contribution in [2.24, 2.45) is 0 Å². The zero-order chi connectivity index (χ0) is 24.6. The maximum atomic E-state index is 12.1. The molecule has 0 saturated carbocycles. The van der Waals surface area contributed by atoms with Crippen LogP contribution in [0.3, 0.4) is 0 Å². The molecule has 4 unspecified atom stereocenters. The Morgan fingerprint density at radius 1 is 0.812 bits per heavy atom. The molecule has 1 rings (SSSR count). The minimum atomic E-state index is -3.19. The molecular formula is C18H18O14. The van der Waals surface area contributed by atoms with Gasteiger partial charge in [-0.15, -0.1) is 0 Å². The fraction of sp³-hybridized carbons (Fsp3) is 0.333. The minimum Gasteiger partial charge on any atom is -0.481 e. The van der Waals surface area contributed by atoms with Gasteiger partial charge in [0.2, 0.25) is 12.2 Å². The highest BCUT2D eigenvalue weighted by atomic mass is 16.6. The zero-order valence-corrected chi connectivity index (χ0v) is 16.0. The van der Waals surface area contributed by atoms with Gasteiger partial charge in [0.1, 0.15) is 0 Å². The van der Waals surface area contributed by atoms with Crippen LogP contribution in [0, 0.1) is 0 Å². The van der Waals surface area contributed by atoms with E-state index in [2.05, 4.69) is 9.47 Å². The molecule has 0 amide bonds. The number of carbonyl (C=O) groups is 6. The first-order chi connectivity index (χ1) is 14.8. The van der Waals surface area contributed by atoms with Crippen LogP contribution in [0.15, 0.2) is 30.3 Å². The molecular weight excluding hydrogens is 440 g/mol. The van der Waals surface area contributed by atoms with Crippen LogP contribution in [0.25, 0.3) is 0 Å². The van der Waals surface area contributed by atoms with Gasteiger partial charge in [0.15, 0.2) is 11.7 Å². The van der Waals surface area contributed by atoms with Crippen molar-refractivity contribution >= 4 is 35.8 Å². The summed E-state index contributed by atoms with van der Waals surface area (Å²) in [5, 5.41) is 55.7. The Morgan fingerprint density at radius 3 is 1.75 bits per heavy atom. The smallest absolute Gasteiger partial charge is 0.349 e. The van der Waals surface area contributed by atoms with E-state index in [1.54, 1.807) is 6.07 Å². The molecule has 174 valence electrons. The molecule has 1 aromatic rings. The molecule has 0 fully saturated rings. The van der Waals surface area contributed by atoms with Crippen LogP contribution in [0.1, 0.15) is 24.5 Å². The molecule has 14 heteroatoms. The van der Waals surface area contributed by atoms with Crippen molar-refractivity contribution in [3.63, 3.8) is 0 Å². The lowest BCUT2D eigenvalue weighted by molar-refractivity contribution is -0.193. The molecule has 4 atom stereocenters. The fourth-order valence-electron chi connectivity index (χ4n) is 2.33. The number of carboxylic acids is 4. The second-order valence-corrected chi connectivity index (χ2v) is 6.34. The summed E-state index contributed by atoms with van der Waals surface area (Å²) in [6.07, 6.45) is -10.5. The molecule has 0 aromatic heterocycles. The van der Waals surface area contributed by atoms with Crippen LogP contribution in [0.2, 0.25) is 0 Å². The van der Waals surface area contributed by atoms with Gasteiger partial charge in [0, 0.05) is 0 Å². The van der Waals surface area contributed by atoms with Gasteiger partial charge in [-0.2, -0.15) is 0 Å². The number of rotatable bonds is 12. The predicted molar refractivity (Wildman–Crippen MR) is 95.9 cm³/mol. The van der Waals surface area contributed by atoms with Crippen LogP contribution in [0.4, 0.5) is 0 Å². The summed E-state index contributed by atoms with van der Waals surface area (Å²) in [6, 6.07) is 6.98. The predicted octanol–water partition coefficient (Wildman–Crippen LogP) is -1.61. The summed E-state index contributed by atoms with van der Waals surface area (Å²) in [4.78, 5) is 68.6. The number of ether oxygens (including phenoxy) is 2. The molecule has 0 bridgehead atoms. The van der Waals surface area contributed by atoms with Gasteiger partial charge in [0.05, 0.1) is 12.8 Å². The molecule has 0 heterocycles. The van der Waals surface area contributed by atoms with E-state index in [0.29, 0.717) is 0 Å². The molecule has 14 nitrogen and oxygen atoms in total. The van der Waals surface area contributed by atoms with Gasteiger partial charge in [-0.3, -0.25) is 9.59 Å². The van der Waals surface area contributed by atoms with Gasteiger partial charge in [-0.1, -0.05) is 30.3 Å². The summed E-state index contributed by atoms with van der Waals surface area (Å²) in [5.41, 5.74) is -3.21. The lowest BCUT2D eigenvalue weighted by Gasteiger charge is -2.24. The molecule has 0 spiro atoms. The molecule has 32 heavy (non-hydrogen) atoms. The minimum absolute atomic E-state index is 0.0225. The number of benzene rings is 1. The molecule has 0 aliphatic carbocycles. The average Bonchev–Trinajstić information content (AvgIpc) is 2.69. The van der Waals surface area contributed by atoms with Crippen molar-refractivity contribution in [3.05, 3.63) is 35.9 Å².